The van der Waals surface area contributed by atoms with Crippen molar-refractivity contribution < 1.29 is 14.3 Å². The van der Waals surface area contributed by atoms with Gasteiger partial charge in [0.2, 0.25) is 0 Å². The van der Waals surface area contributed by atoms with Gasteiger partial charge in [0.25, 0.3) is 0 Å². The molecule has 2 aromatic rings. The van der Waals surface area contributed by atoms with Crippen molar-refractivity contribution in [3.63, 3.8) is 0 Å². The Labute approximate surface area is 137 Å². The summed E-state index contributed by atoms with van der Waals surface area (Å²) in [6.45, 7) is 3.31. The summed E-state index contributed by atoms with van der Waals surface area (Å²) in [6.07, 6.45) is -0.185. The molecular weight excluding hydrogens is 290 g/mol. The molecule has 1 unspecified atom stereocenters. The number of benzene rings is 2. The van der Waals surface area contributed by atoms with Crippen molar-refractivity contribution in [2.24, 2.45) is 0 Å². The fraction of sp³-hybridized carbons (Fsp3) is 0.316. The topological polar surface area (TPSA) is 38.8 Å². The lowest BCUT2D eigenvalue weighted by Gasteiger charge is -2.21. The lowest BCUT2D eigenvalue weighted by atomic mass is 10.2. The number of hydrogen-bond acceptors (Lipinski definition) is 4. The van der Waals surface area contributed by atoms with Gasteiger partial charge in [-0.05, 0) is 31.7 Å². The molecule has 0 aliphatic heterocycles. The minimum Gasteiger partial charge on any atom is -0.482 e. The maximum Gasteiger partial charge on any atom is 0.344 e. The summed E-state index contributed by atoms with van der Waals surface area (Å²) >= 11 is 0. The molecule has 0 saturated heterocycles. The van der Waals surface area contributed by atoms with Gasteiger partial charge in [0.05, 0.1) is 0 Å². The molecule has 0 fully saturated rings. The summed E-state index contributed by atoms with van der Waals surface area (Å²) < 4.78 is 10.8. The lowest BCUT2D eigenvalue weighted by molar-refractivity contribution is -0.151. The van der Waals surface area contributed by atoms with Crippen LogP contribution in [0.25, 0.3) is 0 Å². The molecule has 122 valence electrons. The SMILES string of the molecule is CC(CN(C)Cc1ccccc1)OC(=O)COc1ccccc1. The second kappa shape index (κ2) is 8.96. The Morgan fingerprint density at radius 2 is 1.65 bits per heavy atom. The Bertz CT molecular complexity index is 586. The van der Waals surface area contributed by atoms with Crippen molar-refractivity contribution in [2.75, 3.05) is 20.2 Å². The zero-order valence-corrected chi connectivity index (χ0v) is 13.6. The average Bonchev–Trinajstić information content (AvgIpc) is 2.54. The zero-order chi connectivity index (χ0) is 16.5. The summed E-state index contributed by atoms with van der Waals surface area (Å²) in [6, 6.07) is 19.5. The van der Waals surface area contributed by atoms with Crippen molar-refractivity contribution in [3.8, 4) is 5.75 Å². The second-order valence-corrected chi connectivity index (χ2v) is 5.58. The maximum absolute atomic E-state index is 11.8. The highest BCUT2D eigenvalue weighted by Gasteiger charge is 2.12. The average molecular weight is 313 g/mol. The van der Waals surface area contributed by atoms with Gasteiger partial charge in [-0.15, -0.1) is 0 Å². The van der Waals surface area contributed by atoms with E-state index in [0.717, 1.165) is 6.54 Å². The van der Waals surface area contributed by atoms with Crippen molar-refractivity contribution >= 4 is 5.97 Å². The van der Waals surface area contributed by atoms with Crippen molar-refractivity contribution in [1.29, 1.82) is 0 Å². The number of carbonyl (C=O) groups is 1. The molecule has 0 aromatic heterocycles. The molecule has 0 heterocycles. The van der Waals surface area contributed by atoms with E-state index in [1.54, 1.807) is 0 Å². The highest BCUT2D eigenvalue weighted by atomic mass is 16.6. The van der Waals surface area contributed by atoms with E-state index in [2.05, 4.69) is 17.0 Å². The third-order valence-electron chi connectivity index (χ3n) is 3.30. The summed E-state index contributed by atoms with van der Waals surface area (Å²) in [5.41, 5.74) is 1.24. The van der Waals surface area contributed by atoms with E-state index in [4.69, 9.17) is 9.47 Å². The Morgan fingerprint density at radius 1 is 1.04 bits per heavy atom. The van der Waals surface area contributed by atoms with Gasteiger partial charge in [-0.3, -0.25) is 4.90 Å². The molecule has 23 heavy (non-hydrogen) atoms. The second-order valence-electron chi connectivity index (χ2n) is 5.58. The van der Waals surface area contributed by atoms with Gasteiger partial charge in [0.1, 0.15) is 11.9 Å². The molecular formula is C19H23NO3. The van der Waals surface area contributed by atoms with Crippen LogP contribution in [0, 0.1) is 0 Å². The zero-order valence-electron chi connectivity index (χ0n) is 13.6. The number of nitrogens with zero attached hydrogens (tertiary/aromatic N) is 1. The third kappa shape index (κ3) is 6.53. The molecule has 0 spiro atoms. The number of carbonyl (C=O) groups excluding carboxylic acids is 1. The number of para-hydroxylation sites is 1. The van der Waals surface area contributed by atoms with Crippen LogP contribution in [0.4, 0.5) is 0 Å². The van der Waals surface area contributed by atoms with Crippen LogP contribution in [-0.4, -0.2) is 37.2 Å². The maximum atomic E-state index is 11.8. The van der Waals surface area contributed by atoms with Crippen molar-refractivity contribution in [1.82, 2.24) is 4.90 Å². The monoisotopic (exact) mass is 313 g/mol. The fourth-order valence-corrected chi connectivity index (χ4v) is 2.35. The first kappa shape index (κ1) is 17.0. The van der Waals surface area contributed by atoms with Crippen LogP contribution >= 0.6 is 0 Å². The predicted molar refractivity (Wildman–Crippen MR) is 90.3 cm³/mol. The van der Waals surface area contributed by atoms with E-state index in [1.807, 2.05) is 62.5 Å². The van der Waals surface area contributed by atoms with E-state index in [-0.39, 0.29) is 18.7 Å². The van der Waals surface area contributed by atoms with Crippen LogP contribution in [0.15, 0.2) is 60.7 Å². The third-order valence-corrected chi connectivity index (χ3v) is 3.30. The Morgan fingerprint density at radius 3 is 2.30 bits per heavy atom. The molecule has 0 saturated carbocycles. The fourth-order valence-electron chi connectivity index (χ4n) is 2.35. The number of ether oxygens (including phenoxy) is 2. The van der Waals surface area contributed by atoms with E-state index in [1.165, 1.54) is 5.56 Å². The molecule has 4 nitrogen and oxygen atoms in total. The molecule has 0 aliphatic rings. The number of esters is 1. The highest BCUT2D eigenvalue weighted by molar-refractivity contribution is 5.71. The Balaban J connectivity index is 1.69. The van der Waals surface area contributed by atoms with Crippen LogP contribution in [0.3, 0.4) is 0 Å². The van der Waals surface area contributed by atoms with Gasteiger partial charge in [-0.1, -0.05) is 48.5 Å². The number of likely N-dealkylation sites (N-methyl/N-ethyl adjacent to an activating group) is 1. The molecule has 2 rings (SSSR count). The van der Waals surface area contributed by atoms with Gasteiger partial charge in [-0.2, -0.15) is 0 Å². The predicted octanol–water partition coefficient (Wildman–Crippen LogP) is 3.13. The van der Waals surface area contributed by atoms with E-state index in [0.29, 0.717) is 12.3 Å². The van der Waals surface area contributed by atoms with Gasteiger partial charge < -0.3 is 9.47 Å². The molecule has 0 bridgehead atoms. The standard InChI is InChI=1S/C19H23NO3/c1-16(13-20(2)14-17-9-5-3-6-10-17)23-19(21)15-22-18-11-7-4-8-12-18/h3-12,16H,13-15H2,1-2H3. The lowest BCUT2D eigenvalue weighted by Crippen LogP contribution is -2.31. The number of hydrogen-bond donors (Lipinski definition) is 0. The smallest absolute Gasteiger partial charge is 0.344 e. The highest BCUT2D eigenvalue weighted by Crippen LogP contribution is 2.08. The van der Waals surface area contributed by atoms with Gasteiger partial charge in [-0.25, -0.2) is 4.79 Å². The molecule has 0 aliphatic carbocycles. The molecule has 4 heteroatoms. The first-order chi connectivity index (χ1) is 11.1. The molecule has 2 aromatic carbocycles. The van der Waals surface area contributed by atoms with Crippen LogP contribution in [-0.2, 0) is 16.1 Å². The molecule has 0 N–H and O–H groups in total. The summed E-state index contributed by atoms with van der Waals surface area (Å²) in [5, 5.41) is 0. The summed E-state index contributed by atoms with van der Waals surface area (Å²) in [7, 11) is 2.01. The van der Waals surface area contributed by atoms with Crippen LogP contribution in [0.5, 0.6) is 5.75 Å². The molecule has 1 atom stereocenters. The normalized spacial score (nSPS) is 12.0. The van der Waals surface area contributed by atoms with Crippen LogP contribution < -0.4 is 4.74 Å². The minimum atomic E-state index is -0.352. The van der Waals surface area contributed by atoms with E-state index >= 15 is 0 Å². The number of rotatable bonds is 8. The Kier molecular flexibility index (Phi) is 6.63. The van der Waals surface area contributed by atoms with E-state index in [9.17, 15) is 4.79 Å². The quantitative estimate of drug-likeness (QED) is 0.702. The van der Waals surface area contributed by atoms with Crippen molar-refractivity contribution in [3.05, 3.63) is 66.2 Å². The minimum absolute atomic E-state index is 0.0727. The first-order valence-electron chi connectivity index (χ1n) is 7.73. The van der Waals surface area contributed by atoms with Crippen LogP contribution in [0.1, 0.15) is 12.5 Å². The molecule has 0 radical (unpaired) electrons. The van der Waals surface area contributed by atoms with E-state index < -0.39 is 0 Å². The van der Waals surface area contributed by atoms with Crippen LogP contribution in [0.2, 0.25) is 0 Å². The summed E-state index contributed by atoms with van der Waals surface area (Å²) in [5.74, 6) is 0.313. The first-order valence-corrected chi connectivity index (χ1v) is 7.73. The van der Waals surface area contributed by atoms with Gasteiger partial charge in [0.15, 0.2) is 6.61 Å². The largest absolute Gasteiger partial charge is 0.482 e. The Hall–Kier alpha value is -2.33. The summed E-state index contributed by atoms with van der Waals surface area (Å²) in [4.78, 5) is 13.9. The van der Waals surface area contributed by atoms with Gasteiger partial charge in [0, 0.05) is 13.1 Å². The molecule has 0 amide bonds. The van der Waals surface area contributed by atoms with Crippen molar-refractivity contribution in [2.45, 2.75) is 19.6 Å². The van der Waals surface area contributed by atoms with Gasteiger partial charge >= 0.3 is 5.97 Å².